The number of allylic oxidation sites excluding steroid dienone is 3. The van der Waals surface area contributed by atoms with E-state index < -0.39 is 209 Å². The van der Waals surface area contributed by atoms with E-state index >= 15 is 4.79 Å². The summed E-state index contributed by atoms with van der Waals surface area (Å²) in [6.45, 7) is 21.2. The molecule has 522 valence electrons. The van der Waals surface area contributed by atoms with E-state index in [9.17, 15) is 50.3 Å². The predicted octanol–water partition coefficient (Wildman–Crippen LogP) is 5.45. The number of carbonyl (C=O) groups excluding carboxylic acids is 3. The average molecular weight is 1320 g/mol. The molecule has 10 rings (SSSR count). The molecule has 7 fully saturated rings. The number of nitro groups is 1. The van der Waals surface area contributed by atoms with Crippen molar-refractivity contribution in [1.82, 2.24) is 5.32 Å². The Kier molecular flexibility index (Phi) is 21.7. The summed E-state index contributed by atoms with van der Waals surface area (Å²) < 4.78 is 82.0. The van der Waals surface area contributed by atoms with Gasteiger partial charge in [0.1, 0.15) is 41.8 Å². The Morgan fingerprint density at radius 3 is 1.92 bits per heavy atom. The minimum Gasteiger partial charge on any atom is -0.511 e. The highest BCUT2D eigenvalue weighted by Gasteiger charge is 2.64. The van der Waals surface area contributed by atoms with Crippen molar-refractivity contribution in [2.75, 3.05) is 20.8 Å². The third-order valence-corrected chi connectivity index (χ3v) is 22.3. The number of carbonyl (C=O) groups is 3. The van der Waals surface area contributed by atoms with Gasteiger partial charge in [-0.3, -0.25) is 14.9 Å². The van der Waals surface area contributed by atoms with Crippen LogP contribution >= 0.6 is 0 Å². The van der Waals surface area contributed by atoms with Gasteiger partial charge in [0.2, 0.25) is 11.3 Å². The van der Waals surface area contributed by atoms with Gasteiger partial charge in [-0.05, 0) is 96.1 Å². The van der Waals surface area contributed by atoms with Gasteiger partial charge in [-0.1, -0.05) is 63.6 Å². The summed E-state index contributed by atoms with van der Waals surface area (Å²) in [5, 5.41) is 83.6. The molecule has 1 saturated carbocycles. The Labute approximate surface area is 543 Å². The number of hydrogen-bond acceptors (Lipinski definition) is 24. The van der Waals surface area contributed by atoms with Gasteiger partial charge in [0.25, 0.3) is 0 Å². The van der Waals surface area contributed by atoms with Crippen molar-refractivity contribution in [3.63, 3.8) is 0 Å². The van der Waals surface area contributed by atoms with Crippen LogP contribution in [-0.4, -0.2) is 214 Å². The fourth-order valence-electron chi connectivity index (χ4n) is 17.2. The number of Topliss-reactive ketones (excluding diaryl/α,β-unsaturated/α-hetero) is 1. The molecular formula is C67H100N2O24. The van der Waals surface area contributed by atoms with Crippen molar-refractivity contribution in [3.05, 3.63) is 68.5 Å². The maximum Gasteiger partial charge on any atom is 0.407 e. The van der Waals surface area contributed by atoms with Gasteiger partial charge in [0, 0.05) is 74.2 Å². The summed E-state index contributed by atoms with van der Waals surface area (Å²) >= 11 is 0. The first-order valence-electron chi connectivity index (χ1n) is 33.2. The average Bonchev–Trinajstić information content (AvgIpc) is 1.70. The molecule has 1 spiro atoms. The van der Waals surface area contributed by atoms with Crippen molar-refractivity contribution in [2.24, 2.45) is 46.8 Å². The lowest BCUT2D eigenvalue weighted by Crippen LogP contribution is -2.65. The molecule has 6 aliphatic heterocycles. The highest BCUT2D eigenvalue weighted by molar-refractivity contribution is 6.26. The number of aliphatic hydroxyl groups is 6. The first-order chi connectivity index (χ1) is 43.9. The van der Waals surface area contributed by atoms with Crippen LogP contribution in [0.1, 0.15) is 134 Å². The first kappa shape index (κ1) is 71.4. The zero-order valence-corrected chi connectivity index (χ0v) is 55.9. The summed E-state index contributed by atoms with van der Waals surface area (Å²) in [5.41, 5.74) is -3.49. The van der Waals surface area contributed by atoms with E-state index in [0.717, 1.165) is 12.7 Å². The summed E-state index contributed by atoms with van der Waals surface area (Å²) in [7, 11) is 2.66. The second-order valence-corrected chi connectivity index (χ2v) is 28.6. The van der Waals surface area contributed by atoms with Crippen molar-refractivity contribution >= 4 is 17.8 Å². The molecule has 6 heterocycles. The normalized spacial score (nSPS) is 48.0. The van der Waals surface area contributed by atoms with Gasteiger partial charge in [0.05, 0.1) is 87.3 Å². The van der Waals surface area contributed by atoms with E-state index in [-0.39, 0.29) is 63.4 Å². The summed E-state index contributed by atoms with van der Waals surface area (Å²) in [4.78, 5) is 55.4. The fourth-order valence-corrected chi connectivity index (χ4v) is 17.2. The van der Waals surface area contributed by atoms with E-state index in [4.69, 9.17) is 61.6 Å². The van der Waals surface area contributed by atoms with Crippen LogP contribution in [0.5, 0.6) is 0 Å². The van der Waals surface area contributed by atoms with Gasteiger partial charge in [0.15, 0.2) is 37.1 Å². The largest absolute Gasteiger partial charge is 0.511 e. The van der Waals surface area contributed by atoms with Gasteiger partial charge in [-0.15, -0.1) is 0 Å². The molecule has 26 heteroatoms. The highest BCUT2D eigenvalue weighted by atomic mass is 16.8. The van der Waals surface area contributed by atoms with Crippen LogP contribution in [0.4, 0.5) is 4.79 Å². The van der Waals surface area contributed by atoms with E-state index in [1.165, 1.54) is 14.0 Å². The maximum absolute atomic E-state index is 15.7. The Bertz CT molecular complexity index is 2880. The number of amides is 1. The molecule has 0 aromatic heterocycles. The van der Waals surface area contributed by atoms with Crippen LogP contribution in [0.2, 0.25) is 0 Å². The molecule has 10 aliphatic rings. The molecule has 93 heavy (non-hydrogen) atoms. The second-order valence-electron chi connectivity index (χ2n) is 28.6. The molecule has 6 saturated heterocycles. The van der Waals surface area contributed by atoms with E-state index in [0.29, 0.717) is 17.6 Å². The number of esters is 1. The number of aliphatic hydroxyl groups excluding tert-OH is 6. The lowest BCUT2D eigenvalue weighted by molar-refractivity contribution is -0.584. The first-order valence-corrected chi connectivity index (χ1v) is 33.2. The number of nitrogens with zero attached hydrogens (tertiary/aromatic N) is 1. The molecule has 1 amide bonds. The highest BCUT2D eigenvalue weighted by Crippen LogP contribution is 2.61. The smallest absolute Gasteiger partial charge is 0.407 e. The molecule has 26 nitrogen and oxygen atoms in total. The lowest BCUT2D eigenvalue weighted by atomic mass is 9.49. The van der Waals surface area contributed by atoms with E-state index in [2.05, 4.69) is 25.2 Å². The molecule has 7 N–H and O–H groups in total. The van der Waals surface area contributed by atoms with Gasteiger partial charge in [-0.25, -0.2) is 9.59 Å². The number of methoxy groups -OCH3 is 2. The number of alkyl carbamates (subject to hydrolysis) is 1. The number of ketones is 1. The lowest BCUT2D eigenvalue weighted by Gasteiger charge is -2.56. The Hall–Kier alpha value is -4.33. The Morgan fingerprint density at radius 2 is 1.28 bits per heavy atom. The van der Waals surface area contributed by atoms with Gasteiger partial charge >= 0.3 is 12.1 Å². The molecule has 4 aliphatic carbocycles. The maximum atomic E-state index is 15.7. The van der Waals surface area contributed by atoms with Crippen molar-refractivity contribution in [2.45, 2.75) is 275 Å². The van der Waals surface area contributed by atoms with Gasteiger partial charge < -0.3 is 97.5 Å². The van der Waals surface area contributed by atoms with Crippen LogP contribution in [0.3, 0.4) is 0 Å². The van der Waals surface area contributed by atoms with Crippen LogP contribution < -0.4 is 5.32 Å². The number of ether oxygens (including phenoxy) is 13. The molecule has 0 aromatic rings. The number of hydrogen-bond donors (Lipinski definition) is 7. The predicted molar refractivity (Wildman–Crippen MR) is 327 cm³/mol. The van der Waals surface area contributed by atoms with Gasteiger partial charge in [-0.2, -0.15) is 0 Å². The standard InChI is InChI=1S/C67H100N2O24/c1-29-15-18-45(88-52-27-65(11,69(79)80)60(38(10)87-52)68-64(78)82-14)30(2)20-40-21-39(28-70)33(5)26-67(40)62(76)53(63(77)93-67)61(75)66(12)42(29)17-16-41-54(66)31(3)19-32(4)57(41)91-51-24-46(56(74)35(7)84-51)89-50-25-47(90-48-22-43(71)55(73)34(6)83-48)59(37(9)86-50)92-49-23-44(72)58(81-13)36(8)85-49/h15-17,20-21,31-38,40-52,54-60,70-75H,18-19,22-28H2,1-14H3,(H,68,78)/t31-,32-,33+,34-,35-,36-,37-,38+,40+,41-,42-,43-,44+,45-,46+,47?,48-,49+,50-,51-,52-,54+,55-,56-,57-,58-,59?,60-,65-,66+,67-/m0/s1. The SMILES string of the molecule is COC(=O)N[C@H]1[C@@H](C)O[C@@H](O[C@H]2CC=C(C)[C@@H]3C=C[C@@H]4[C@@H](O[C@H]5C[C@@H](O[C@H]6CC(O[C@H]7C[C@H](O)[C@@H](O)[C@H](C)O7)C(O[C@@H]7C[C@@H](O)[C@@H](OC)[C@H](C)O7)[C@H](C)O6)[C@@H](O)[C@H](C)O5)[C@@H](C)C[C@H](C)[C@H]4[C@]3(C)C(O)=C3C(=O)O[C@]4(C[C@@H](C)C(CO)=C[C@H]4C=C2C)C3=O)C[C@]1(C)[N+](=O)[O-]. The Balaban J connectivity index is 0.943. The Morgan fingerprint density at radius 1 is 0.688 bits per heavy atom. The third-order valence-electron chi connectivity index (χ3n) is 22.3. The zero-order valence-electron chi connectivity index (χ0n) is 55.9. The quantitative estimate of drug-likeness (QED) is 0.0373. The molecule has 2 unspecified atom stereocenters. The van der Waals surface area contributed by atoms with Crippen molar-refractivity contribution in [1.29, 1.82) is 0 Å². The van der Waals surface area contributed by atoms with Crippen LogP contribution in [0, 0.1) is 57.0 Å². The topological polar surface area (TPSA) is 348 Å². The monoisotopic (exact) mass is 1320 g/mol. The fraction of sp³-hybridized carbons (Fsp3) is 0.806. The minimum atomic E-state index is -1.84. The molecule has 31 atom stereocenters. The zero-order chi connectivity index (χ0) is 67.7. The van der Waals surface area contributed by atoms with Crippen LogP contribution in [0.25, 0.3) is 0 Å². The number of fused-ring (bicyclic) bond motifs is 4. The number of rotatable bonds is 14. The van der Waals surface area contributed by atoms with E-state index in [1.54, 1.807) is 53.7 Å². The van der Waals surface area contributed by atoms with E-state index in [1.807, 2.05) is 32.9 Å². The molecular weight excluding hydrogens is 1220 g/mol. The summed E-state index contributed by atoms with van der Waals surface area (Å²) in [6, 6.07) is -1.09. The third kappa shape index (κ3) is 13.7. The molecule has 0 aromatic carbocycles. The summed E-state index contributed by atoms with van der Waals surface area (Å²) in [5.74, 6) is -5.33. The minimum absolute atomic E-state index is 0.00999. The van der Waals surface area contributed by atoms with Crippen molar-refractivity contribution < 1.29 is 112 Å². The number of nitrogens with one attached hydrogen (secondary N) is 1. The van der Waals surface area contributed by atoms with Crippen LogP contribution in [-0.2, 0) is 71.2 Å². The molecule has 0 radical (unpaired) electrons. The van der Waals surface area contributed by atoms with Crippen LogP contribution in [0.15, 0.2) is 58.4 Å². The second kappa shape index (κ2) is 28.3. The van der Waals surface area contributed by atoms with Crippen molar-refractivity contribution in [3.8, 4) is 0 Å². The molecule has 2 bridgehead atoms. The summed E-state index contributed by atoms with van der Waals surface area (Å²) in [6.07, 6.45) is -8.05.